The van der Waals surface area contributed by atoms with Crippen LogP contribution < -0.4 is 19.5 Å². The number of carbonyl (C=O) groups is 1. The summed E-state index contributed by atoms with van der Waals surface area (Å²) in [6.45, 7) is 3.74. The van der Waals surface area contributed by atoms with E-state index in [0.717, 1.165) is 11.4 Å². The molecule has 1 aromatic heterocycles. The maximum Gasteiger partial charge on any atom is 0.237 e. The number of hydrogen-bond acceptors (Lipinski definition) is 7. The molecule has 0 bridgehead atoms. The van der Waals surface area contributed by atoms with Crippen molar-refractivity contribution < 1.29 is 19.0 Å². The van der Waals surface area contributed by atoms with Crippen LogP contribution in [0.25, 0.3) is 5.69 Å². The summed E-state index contributed by atoms with van der Waals surface area (Å²) in [5.41, 5.74) is 1.57. The van der Waals surface area contributed by atoms with Crippen molar-refractivity contribution in [2.24, 2.45) is 0 Å². The fourth-order valence-corrected chi connectivity index (χ4v) is 4.40. The third kappa shape index (κ3) is 5.80. The minimum atomic E-state index is -0.438. The van der Waals surface area contributed by atoms with Crippen molar-refractivity contribution in [2.45, 2.75) is 30.4 Å². The van der Waals surface area contributed by atoms with E-state index in [4.69, 9.17) is 14.2 Å². The Kier molecular flexibility index (Phi) is 8.12. The van der Waals surface area contributed by atoms with Gasteiger partial charge in [-0.05, 0) is 62.4 Å². The van der Waals surface area contributed by atoms with Crippen molar-refractivity contribution in [1.29, 1.82) is 0 Å². The van der Waals surface area contributed by atoms with Gasteiger partial charge in [0.2, 0.25) is 5.91 Å². The number of thioether (sulfide) groups is 1. The predicted octanol–water partition coefficient (Wildman–Crippen LogP) is 5.54. The lowest BCUT2D eigenvalue weighted by molar-refractivity contribution is -0.115. The molecule has 0 saturated carbocycles. The zero-order chi connectivity index (χ0) is 25.5. The number of nitrogens with zero attached hydrogens (tertiary/aromatic N) is 3. The Hall–Kier alpha value is -3.98. The highest BCUT2D eigenvalue weighted by Crippen LogP contribution is 2.33. The van der Waals surface area contributed by atoms with E-state index in [-0.39, 0.29) is 5.91 Å². The summed E-state index contributed by atoms with van der Waals surface area (Å²) in [6, 6.07) is 24.4. The van der Waals surface area contributed by atoms with E-state index in [1.165, 1.54) is 11.8 Å². The average molecular weight is 505 g/mol. The van der Waals surface area contributed by atoms with Gasteiger partial charge in [0.25, 0.3) is 0 Å². The zero-order valence-electron chi connectivity index (χ0n) is 20.5. The van der Waals surface area contributed by atoms with Gasteiger partial charge >= 0.3 is 0 Å². The second-order valence-corrected chi connectivity index (χ2v) is 9.21. The first kappa shape index (κ1) is 25.1. The first-order chi connectivity index (χ1) is 17.5. The summed E-state index contributed by atoms with van der Waals surface area (Å²) in [5.74, 6) is 2.43. The Morgan fingerprint density at radius 3 is 2.19 bits per heavy atom. The maximum absolute atomic E-state index is 12.9. The van der Waals surface area contributed by atoms with Crippen LogP contribution in [0.15, 0.2) is 84.0 Å². The second kappa shape index (κ2) is 11.6. The van der Waals surface area contributed by atoms with Gasteiger partial charge in [0.1, 0.15) is 5.75 Å². The van der Waals surface area contributed by atoms with Gasteiger partial charge in [-0.1, -0.05) is 42.1 Å². The molecule has 0 spiro atoms. The summed E-state index contributed by atoms with van der Waals surface area (Å²) in [7, 11) is 3.21. The Bertz CT molecular complexity index is 1290. The van der Waals surface area contributed by atoms with Gasteiger partial charge in [-0.3, -0.25) is 9.36 Å². The standard InChI is InChI=1S/C27H28N4O4S/c1-18(35-24-13-9-8-12-23(24)34-4)25-29-30-27(31(25)21-10-6-5-7-11-21)36-19(2)26(32)28-20-14-16-22(33-3)17-15-20/h5-19H,1-4H3,(H,28,32). The molecule has 8 nitrogen and oxygen atoms in total. The van der Waals surface area contributed by atoms with Crippen LogP contribution in [0.4, 0.5) is 5.69 Å². The quantitative estimate of drug-likeness (QED) is 0.284. The lowest BCUT2D eigenvalue weighted by atomic mass is 10.3. The number of aromatic nitrogens is 3. The molecular formula is C27H28N4O4S. The van der Waals surface area contributed by atoms with Gasteiger partial charge in [-0.25, -0.2) is 0 Å². The summed E-state index contributed by atoms with van der Waals surface area (Å²) in [6.07, 6.45) is -0.438. The Labute approximate surface area is 214 Å². The molecular weight excluding hydrogens is 476 g/mol. The van der Waals surface area contributed by atoms with Crippen LogP contribution in [0.3, 0.4) is 0 Å². The van der Waals surface area contributed by atoms with Crippen LogP contribution in [0.2, 0.25) is 0 Å². The molecule has 36 heavy (non-hydrogen) atoms. The van der Waals surface area contributed by atoms with Crippen molar-refractivity contribution in [2.75, 3.05) is 19.5 Å². The molecule has 4 rings (SSSR count). The van der Waals surface area contributed by atoms with Crippen LogP contribution >= 0.6 is 11.8 Å². The molecule has 1 N–H and O–H groups in total. The highest BCUT2D eigenvalue weighted by molar-refractivity contribution is 8.00. The topological polar surface area (TPSA) is 87.5 Å². The molecule has 4 aromatic rings. The monoisotopic (exact) mass is 504 g/mol. The van der Waals surface area contributed by atoms with Crippen LogP contribution in [0.1, 0.15) is 25.8 Å². The number of carbonyl (C=O) groups excluding carboxylic acids is 1. The zero-order valence-corrected chi connectivity index (χ0v) is 21.4. The van der Waals surface area contributed by atoms with Crippen molar-refractivity contribution in [3.8, 4) is 22.9 Å². The second-order valence-electron chi connectivity index (χ2n) is 7.90. The molecule has 1 amide bonds. The molecule has 0 saturated heterocycles. The van der Waals surface area contributed by atoms with Crippen molar-refractivity contribution >= 4 is 23.4 Å². The molecule has 2 unspecified atom stereocenters. The molecule has 0 aliphatic rings. The molecule has 2 atom stereocenters. The third-order valence-corrected chi connectivity index (χ3v) is 6.46. The van der Waals surface area contributed by atoms with Crippen LogP contribution in [0.5, 0.6) is 17.2 Å². The summed E-state index contributed by atoms with van der Waals surface area (Å²) in [5, 5.41) is 11.9. The van der Waals surface area contributed by atoms with E-state index in [9.17, 15) is 4.79 Å². The number of para-hydroxylation sites is 3. The highest BCUT2D eigenvalue weighted by atomic mass is 32.2. The normalized spacial score (nSPS) is 12.4. The van der Waals surface area contributed by atoms with E-state index in [0.29, 0.717) is 28.2 Å². The van der Waals surface area contributed by atoms with E-state index in [1.54, 1.807) is 38.5 Å². The Balaban J connectivity index is 1.57. The first-order valence-electron chi connectivity index (χ1n) is 11.4. The fraction of sp³-hybridized carbons (Fsp3) is 0.222. The number of methoxy groups -OCH3 is 2. The molecule has 0 radical (unpaired) electrons. The number of benzene rings is 3. The van der Waals surface area contributed by atoms with Gasteiger partial charge in [0.05, 0.1) is 19.5 Å². The van der Waals surface area contributed by atoms with Gasteiger partial charge in [-0.15, -0.1) is 10.2 Å². The molecule has 0 aliphatic carbocycles. The smallest absolute Gasteiger partial charge is 0.237 e. The molecule has 3 aromatic carbocycles. The molecule has 9 heteroatoms. The largest absolute Gasteiger partial charge is 0.497 e. The molecule has 186 valence electrons. The predicted molar refractivity (Wildman–Crippen MR) is 140 cm³/mol. The summed E-state index contributed by atoms with van der Waals surface area (Å²) < 4.78 is 18.7. The number of anilines is 1. The maximum atomic E-state index is 12.9. The van der Waals surface area contributed by atoms with Crippen LogP contribution in [-0.2, 0) is 4.79 Å². The minimum Gasteiger partial charge on any atom is -0.497 e. The number of amides is 1. The fourth-order valence-electron chi connectivity index (χ4n) is 3.53. The van der Waals surface area contributed by atoms with Gasteiger partial charge in [0.15, 0.2) is 28.6 Å². The lowest BCUT2D eigenvalue weighted by Gasteiger charge is -2.18. The van der Waals surface area contributed by atoms with Crippen molar-refractivity contribution in [3.63, 3.8) is 0 Å². The SMILES string of the molecule is COc1ccc(NC(=O)C(C)Sc2nnc(C(C)Oc3ccccc3OC)n2-c2ccccc2)cc1. The van der Waals surface area contributed by atoms with E-state index < -0.39 is 11.4 Å². The molecule has 0 fully saturated rings. The molecule has 1 heterocycles. The first-order valence-corrected chi connectivity index (χ1v) is 12.3. The van der Waals surface area contributed by atoms with Crippen molar-refractivity contribution in [1.82, 2.24) is 14.8 Å². The Morgan fingerprint density at radius 1 is 0.861 bits per heavy atom. The van der Waals surface area contributed by atoms with Crippen molar-refractivity contribution in [3.05, 3.63) is 84.7 Å². The van der Waals surface area contributed by atoms with E-state index in [1.807, 2.05) is 73.0 Å². The average Bonchev–Trinajstić information content (AvgIpc) is 3.33. The minimum absolute atomic E-state index is 0.146. The molecule has 0 aliphatic heterocycles. The summed E-state index contributed by atoms with van der Waals surface area (Å²) >= 11 is 1.32. The van der Waals surface area contributed by atoms with E-state index in [2.05, 4.69) is 15.5 Å². The van der Waals surface area contributed by atoms with Crippen LogP contribution in [-0.4, -0.2) is 40.1 Å². The van der Waals surface area contributed by atoms with Gasteiger partial charge < -0.3 is 19.5 Å². The Morgan fingerprint density at radius 2 is 1.53 bits per heavy atom. The highest BCUT2D eigenvalue weighted by Gasteiger charge is 2.25. The van der Waals surface area contributed by atoms with Gasteiger partial charge in [-0.2, -0.15) is 0 Å². The lowest BCUT2D eigenvalue weighted by Crippen LogP contribution is -2.23. The number of nitrogens with one attached hydrogen (secondary N) is 1. The summed E-state index contributed by atoms with van der Waals surface area (Å²) in [4.78, 5) is 12.9. The van der Waals surface area contributed by atoms with E-state index >= 15 is 0 Å². The number of hydrogen-bond donors (Lipinski definition) is 1. The number of ether oxygens (including phenoxy) is 3. The third-order valence-electron chi connectivity index (χ3n) is 5.42. The van der Waals surface area contributed by atoms with Crippen LogP contribution in [0, 0.1) is 0 Å². The number of rotatable bonds is 10. The van der Waals surface area contributed by atoms with Gasteiger partial charge in [0, 0.05) is 11.4 Å².